The molecule has 2 saturated heterocycles. The van der Waals surface area contributed by atoms with Gasteiger partial charge in [0.15, 0.2) is 5.17 Å². The summed E-state index contributed by atoms with van der Waals surface area (Å²) in [7, 11) is 2.02. The van der Waals surface area contributed by atoms with Crippen molar-refractivity contribution >= 4 is 51.7 Å². The predicted molar refractivity (Wildman–Crippen MR) is 129 cm³/mol. The van der Waals surface area contributed by atoms with Crippen LogP contribution < -0.4 is 9.80 Å². The molecule has 160 valence electrons. The zero-order chi connectivity index (χ0) is 21.4. The number of hydrogen-bond acceptors (Lipinski definition) is 7. The minimum absolute atomic E-state index is 0.0262. The van der Waals surface area contributed by atoms with Gasteiger partial charge in [0, 0.05) is 37.3 Å². The number of ether oxygens (including phenoxy) is 1. The number of anilines is 2. The van der Waals surface area contributed by atoms with E-state index in [2.05, 4.69) is 34.1 Å². The van der Waals surface area contributed by atoms with Gasteiger partial charge in [-0.05, 0) is 55.1 Å². The van der Waals surface area contributed by atoms with E-state index in [0.717, 1.165) is 52.8 Å². The number of amides is 1. The summed E-state index contributed by atoms with van der Waals surface area (Å²) in [6.07, 6.45) is 0. The fraction of sp³-hybridized carbons (Fsp3) is 0.304. The molecular formula is C23H24N4O2S2. The number of morpholine rings is 1. The van der Waals surface area contributed by atoms with Crippen molar-refractivity contribution in [3.05, 3.63) is 58.5 Å². The lowest BCUT2D eigenvalue weighted by atomic mass is 10.2. The molecule has 1 amide bonds. The molecule has 2 fully saturated rings. The third-order valence-electron chi connectivity index (χ3n) is 5.56. The molecule has 5 rings (SSSR count). The first-order valence-electron chi connectivity index (χ1n) is 10.4. The molecule has 0 spiro atoms. The van der Waals surface area contributed by atoms with Crippen LogP contribution in [-0.2, 0) is 9.53 Å². The molecule has 2 aromatic carbocycles. The van der Waals surface area contributed by atoms with E-state index in [0.29, 0.717) is 6.54 Å². The minimum Gasteiger partial charge on any atom is -0.378 e. The molecule has 31 heavy (non-hydrogen) atoms. The average molecular weight is 453 g/mol. The van der Waals surface area contributed by atoms with E-state index in [1.54, 1.807) is 16.7 Å². The van der Waals surface area contributed by atoms with Crippen LogP contribution in [0.2, 0.25) is 0 Å². The Balaban J connectivity index is 1.41. The maximum Gasteiger partial charge on any atom is 0.269 e. The molecule has 3 aliphatic rings. The molecule has 0 N–H and O–H groups in total. The molecule has 0 aromatic heterocycles. The van der Waals surface area contributed by atoms with Crippen LogP contribution in [0.3, 0.4) is 0 Å². The quantitative estimate of drug-likeness (QED) is 0.639. The Hall–Kier alpha value is -2.42. The Labute approximate surface area is 190 Å². The molecule has 3 heterocycles. The molecule has 2 aromatic rings. The van der Waals surface area contributed by atoms with Crippen LogP contribution in [0.15, 0.2) is 68.4 Å². The summed E-state index contributed by atoms with van der Waals surface area (Å²) in [6.45, 7) is 5.93. The molecule has 0 radical (unpaired) electrons. The number of hydrogen-bond donors (Lipinski definition) is 0. The smallest absolute Gasteiger partial charge is 0.269 e. The monoisotopic (exact) mass is 452 g/mol. The summed E-state index contributed by atoms with van der Waals surface area (Å²) >= 11 is 3.12. The van der Waals surface area contributed by atoms with Gasteiger partial charge >= 0.3 is 0 Å². The topological polar surface area (TPSA) is 48.4 Å². The van der Waals surface area contributed by atoms with Crippen molar-refractivity contribution in [1.29, 1.82) is 0 Å². The van der Waals surface area contributed by atoms with Crippen molar-refractivity contribution in [2.45, 2.75) is 11.8 Å². The third-order valence-corrected chi connectivity index (χ3v) is 7.99. The number of carbonyl (C=O) groups excluding carboxylic acids is 1. The molecule has 3 aliphatic heterocycles. The summed E-state index contributed by atoms with van der Waals surface area (Å²) in [6, 6.07) is 16.5. The summed E-state index contributed by atoms with van der Waals surface area (Å²) in [5.74, 6) is 0.0262. The van der Waals surface area contributed by atoms with E-state index in [9.17, 15) is 4.79 Å². The fourth-order valence-electron chi connectivity index (χ4n) is 3.87. The first-order valence-corrected chi connectivity index (χ1v) is 12.0. The molecule has 0 bridgehead atoms. The van der Waals surface area contributed by atoms with Gasteiger partial charge in [-0.3, -0.25) is 9.69 Å². The van der Waals surface area contributed by atoms with Crippen molar-refractivity contribution in [3.63, 3.8) is 0 Å². The molecule has 0 saturated carbocycles. The van der Waals surface area contributed by atoms with Crippen LogP contribution in [0.1, 0.15) is 6.92 Å². The first-order chi connectivity index (χ1) is 15.2. The van der Waals surface area contributed by atoms with Gasteiger partial charge in [0.05, 0.1) is 29.6 Å². The lowest BCUT2D eigenvalue weighted by Gasteiger charge is -2.28. The van der Waals surface area contributed by atoms with E-state index < -0.39 is 0 Å². The van der Waals surface area contributed by atoms with E-state index in [-0.39, 0.29) is 5.91 Å². The van der Waals surface area contributed by atoms with Crippen LogP contribution in [0.25, 0.3) is 0 Å². The summed E-state index contributed by atoms with van der Waals surface area (Å²) in [4.78, 5) is 26.1. The standard InChI is InChI=1S/C23H24N4O2S2/c1-3-27-21(28)20(22-25(2)18-6-4-5-7-19(18)30-22)31-23(27)24-16-8-10-17(11-9-16)26-12-14-29-15-13-26/h4-11H,3,12-15H2,1-2H3/b22-20+,24-23?. The third kappa shape index (κ3) is 3.84. The Bertz CT molecular complexity index is 1060. The van der Waals surface area contributed by atoms with Gasteiger partial charge in [0.1, 0.15) is 4.91 Å². The number of rotatable bonds is 3. The number of nitrogens with zero attached hydrogens (tertiary/aromatic N) is 4. The van der Waals surface area contributed by atoms with Crippen LogP contribution in [-0.4, -0.2) is 55.9 Å². The molecule has 8 heteroatoms. The highest BCUT2D eigenvalue weighted by atomic mass is 32.2. The maximum absolute atomic E-state index is 13.2. The van der Waals surface area contributed by atoms with Crippen molar-refractivity contribution in [3.8, 4) is 0 Å². The van der Waals surface area contributed by atoms with E-state index in [1.807, 2.05) is 38.2 Å². The number of fused-ring (bicyclic) bond motifs is 1. The van der Waals surface area contributed by atoms with Gasteiger partial charge in [0.2, 0.25) is 0 Å². The lowest BCUT2D eigenvalue weighted by molar-refractivity contribution is -0.122. The zero-order valence-corrected chi connectivity index (χ0v) is 19.2. The highest BCUT2D eigenvalue weighted by molar-refractivity contribution is 8.19. The number of benzene rings is 2. The highest BCUT2D eigenvalue weighted by Crippen LogP contribution is 2.49. The second kappa shape index (κ2) is 8.61. The Kier molecular flexibility index (Phi) is 5.69. The van der Waals surface area contributed by atoms with Gasteiger partial charge in [-0.2, -0.15) is 0 Å². The Morgan fingerprint density at radius 2 is 1.77 bits per heavy atom. The second-order valence-corrected chi connectivity index (χ2v) is 9.43. The fourth-order valence-corrected chi connectivity index (χ4v) is 6.28. The zero-order valence-electron chi connectivity index (χ0n) is 17.6. The number of thioether (sulfide) groups is 2. The lowest BCUT2D eigenvalue weighted by Crippen LogP contribution is -2.36. The van der Waals surface area contributed by atoms with Crippen molar-refractivity contribution in [2.75, 3.05) is 49.7 Å². The van der Waals surface area contributed by atoms with E-state index in [4.69, 9.17) is 9.73 Å². The SMILES string of the molecule is CCN1C(=O)/C(=C2\Sc3ccccc3N2C)SC1=Nc1ccc(N2CCOCC2)cc1. The van der Waals surface area contributed by atoms with Crippen molar-refractivity contribution < 1.29 is 9.53 Å². The highest BCUT2D eigenvalue weighted by Gasteiger charge is 2.38. The molecule has 0 aliphatic carbocycles. The van der Waals surface area contributed by atoms with Gasteiger partial charge < -0.3 is 14.5 Å². The van der Waals surface area contributed by atoms with Crippen LogP contribution in [0, 0.1) is 0 Å². The van der Waals surface area contributed by atoms with Gasteiger partial charge in [-0.1, -0.05) is 23.9 Å². The normalized spacial score (nSPS) is 22.6. The summed E-state index contributed by atoms with van der Waals surface area (Å²) < 4.78 is 5.43. The Morgan fingerprint density at radius 3 is 2.48 bits per heavy atom. The largest absolute Gasteiger partial charge is 0.378 e. The molecule has 6 nitrogen and oxygen atoms in total. The van der Waals surface area contributed by atoms with E-state index in [1.165, 1.54) is 22.3 Å². The maximum atomic E-state index is 13.2. The number of aliphatic imine (C=N–C) groups is 1. The minimum atomic E-state index is 0.0262. The number of likely N-dealkylation sites (N-methyl/N-ethyl adjacent to an activating group) is 1. The average Bonchev–Trinajstić information content (AvgIpc) is 3.31. The van der Waals surface area contributed by atoms with Crippen LogP contribution >= 0.6 is 23.5 Å². The number of para-hydroxylation sites is 1. The van der Waals surface area contributed by atoms with Gasteiger partial charge in [0.25, 0.3) is 5.91 Å². The second-order valence-electron chi connectivity index (χ2n) is 7.42. The number of amidine groups is 1. The van der Waals surface area contributed by atoms with Gasteiger partial charge in [-0.25, -0.2) is 4.99 Å². The van der Waals surface area contributed by atoms with Crippen LogP contribution in [0.5, 0.6) is 0 Å². The van der Waals surface area contributed by atoms with Gasteiger partial charge in [-0.15, -0.1) is 0 Å². The van der Waals surface area contributed by atoms with Crippen LogP contribution in [0.4, 0.5) is 17.1 Å². The molecule has 0 atom stereocenters. The predicted octanol–water partition coefficient (Wildman–Crippen LogP) is 4.52. The van der Waals surface area contributed by atoms with Crippen molar-refractivity contribution in [2.24, 2.45) is 4.99 Å². The van der Waals surface area contributed by atoms with Crippen molar-refractivity contribution in [1.82, 2.24) is 4.90 Å². The summed E-state index contributed by atoms with van der Waals surface area (Å²) in [5, 5.41) is 1.71. The summed E-state index contributed by atoms with van der Waals surface area (Å²) in [5.41, 5.74) is 3.17. The first kappa shape index (κ1) is 20.5. The number of carbonyl (C=O) groups is 1. The Morgan fingerprint density at radius 1 is 1.03 bits per heavy atom. The molecular weight excluding hydrogens is 428 g/mol. The molecule has 0 unspecified atom stereocenters. The van der Waals surface area contributed by atoms with E-state index >= 15 is 0 Å².